The third-order valence-corrected chi connectivity index (χ3v) is 3.87. The van der Waals surface area contributed by atoms with Gasteiger partial charge in [-0.3, -0.25) is 4.79 Å². The summed E-state index contributed by atoms with van der Waals surface area (Å²) in [4.78, 5) is 11.9. The van der Waals surface area contributed by atoms with Gasteiger partial charge in [0, 0.05) is 6.54 Å². The van der Waals surface area contributed by atoms with Crippen LogP contribution >= 0.6 is 0 Å². The number of carbonyl (C=O) groups excluding carboxylic acids is 1. The summed E-state index contributed by atoms with van der Waals surface area (Å²) in [7, 11) is 0. The number of ether oxygens (including phenoxy) is 1. The van der Waals surface area contributed by atoms with Crippen LogP contribution in [0, 0.1) is 0 Å². The Balaban J connectivity index is 1.78. The molecule has 1 unspecified atom stereocenters. The van der Waals surface area contributed by atoms with E-state index in [4.69, 9.17) is 4.74 Å². The normalized spacial score (nSPS) is 12.0. The van der Waals surface area contributed by atoms with Crippen LogP contribution in [-0.4, -0.2) is 19.1 Å². The summed E-state index contributed by atoms with van der Waals surface area (Å²) in [5.41, 5.74) is 2.43. The Hall–Kier alpha value is -2.29. The average molecular weight is 311 g/mol. The van der Waals surface area contributed by atoms with Gasteiger partial charge in [-0.05, 0) is 35.1 Å². The highest BCUT2D eigenvalue weighted by Gasteiger charge is 2.08. The lowest BCUT2D eigenvalue weighted by atomic mass is 10.0. The van der Waals surface area contributed by atoms with E-state index in [1.807, 2.05) is 36.4 Å². The monoisotopic (exact) mass is 311 g/mol. The Morgan fingerprint density at radius 2 is 1.70 bits per heavy atom. The summed E-state index contributed by atoms with van der Waals surface area (Å²) in [5, 5.41) is 2.92. The summed E-state index contributed by atoms with van der Waals surface area (Å²) in [5.74, 6) is 1.37. The third-order valence-electron chi connectivity index (χ3n) is 3.87. The van der Waals surface area contributed by atoms with E-state index in [1.165, 1.54) is 11.1 Å². The molecule has 1 N–H and O–H groups in total. The molecular weight excluding hydrogens is 286 g/mol. The zero-order valence-corrected chi connectivity index (χ0v) is 14.1. The lowest BCUT2D eigenvalue weighted by Crippen LogP contribution is -2.31. The minimum Gasteiger partial charge on any atom is -0.484 e. The van der Waals surface area contributed by atoms with Crippen LogP contribution in [0.15, 0.2) is 54.6 Å². The van der Waals surface area contributed by atoms with Gasteiger partial charge in [-0.15, -0.1) is 0 Å². The second kappa shape index (κ2) is 8.37. The molecule has 2 aromatic carbocycles. The molecule has 3 nitrogen and oxygen atoms in total. The van der Waals surface area contributed by atoms with E-state index in [2.05, 4.69) is 44.3 Å². The van der Waals surface area contributed by atoms with E-state index in [0.717, 1.165) is 5.75 Å². The van der Waals surface area contributed by atoms with Gasteiger partial charge in [-0.1, -0.05) is 63.2 Å². The average Bonchev–Trinajstić information content (AvgIpc) is 2.58. The minimum absolute atomic E-state index is 0.0447. The molecule has 1 atom stereocenters. The summed E-state index contributed by atoms with van der Waals surface area (Å²) < 4.78 is 5.58. The summed E-state index contributed by atoms with van der Waals surface area (Å²) in [6.07, 6.45) is 0. The highest BCUT2D eigenvalue weighted by atomic mass is 16.5. The Kier molecular flexibility index (Phi) is 6.21. The zero-order valence-electron chi connectivity index (χ0n) is 14.1. The molecule has 0 aromatic heterocycles. The van der Waals surface area contributed by atoms with Crippen molar-refractivity contribution >= 4 is 5.91 Å². The fraction of sp³-hybridized carbons (Fsp3) is 0.350. The molecule has 0 aliphatic heterocycles. The molecule has 23 heavy (non-hydrogen) atoms. The second-order valence-corrected chi connectivity index (χ2v) is 6.13. The van der Waals surface area contributed by atoms with Gasteiger partial charge in [-0.2, -0.15) is 0 Å². The number of carbonyl (C=O) groups is 1. The maximum Gasteiger partial charge on any atom is 0.257 e. The molecule has 0 heterocycles. The van der Waals surface area contributed by atoms with Gasteiger partial charge in [0.25, 0.3) is 5.91 Å². The highest BCUT2D eigenvalue weighted by molar-refractivity contribution is 5.77. The third kappa shape index (κ3) is 5.44. The number of nitrogens with one attached hydrogen (secondary N) is 1. The molecule has 1 amide bonds. The van der Waals surface area contributed by atoms with Crippen LogP contribution < -0.4 is 10.1 Å². The SMILES string of the molecule is CC(C)c1cccc(OCC(=O)NCC(C)c2ccccc2)c1. The van der Waals surface area contributed by atoms with Crippen molar-refractivity contribution in [3.05, 3.63) is 65.7 Å². The van der Waals surface area contributed by atoms with Gasteiger partial charge in [0.2, 0.25) is 0 Å². The van der Waals surface area contributed by atoms with E-state index in [1.54, 1.807) is 0 Å². The molecule has 0 aliphatic carbocycles. The van der Waals surface area contributed by atoms with Crippen molar-refractivity contribution in [1.29, 1.82) is 0 Å². The number of rotatable bonds is 7. The van der Waals surface area contributed by atoms with Crippen molar-refractivity contribution in [3.63, 3.8) is 0 Å². The molecule has 2 aromatic rings. The Bertz CT molecular complexity index is 623. The fourth-order valence-electron chi connectivity index (χ4n) is 2.33. The molecule has 0 fully saturated rings. The Labute approximate surface area is 138 Å². The number of benzene rings is 2. The number of hydrogen-bond donors (Lipinski definition) is 1. The van der Waals surface area contributed by atoms with E-state index < -0.39 is 0 Å². The van der Waals surface area contributed by atoms with Crippen molar-refractivity contribution in [2.24, 2.45) is 0 Å². The van der Waals surface area contributed by atoms with Gasteiger partial charge in [0.05, 0.1) is 0 Å². The first-order valence-electron chi connectivity index (χ1n) is 8.10. The quantitative estimate of drug-likeness (QED) is 0.835. The van der Waals surface area contributed by atoms with Crippen LogP contribution in [0.1, 0.15) is 43.7 Å². The standard InChI is InChI=1S/C20H25NO2/c1-15(2)18-10-7-11-19(12-18)23-14-20(22)21-13-16(3)17-8-5-4-6-9-17/h4-12,15-16H,13-14H2,1-3H3,(H,21,22). The van der Waals surface area contributed by atoms with Crippen molar-refractivity contribution in [2.75, 3.05) is 13.2 Å². The summed E-state index contributed by atoms with van der Waals surface area (Å²) in [6.45, 7) is 7.03. The molecule has 0 spiro atoms. The first kappa shape index (κ1) is 17.1. The number of hydrogen-bond acceptors (Lipinski definition) is 2. The topological polar surface area (TPSA) is 38.3 Å². The summed E-state index contributed by atoms with van der Waals surface area (Å²) >= 11 is 0. The molecule has 0 saturated carbocycles. The lowest BCUT2D eigenvalue weighted by molar-refractivity contribution is -0.123. The van der Waals surface area contributed by atoms with Crippen molar-refractivity contribution in [2.45, 2.75) is 32.6 Å². The molecule has 0 aliphatic rings. The molecule has 2 rings (SSSR count). The Morgan fingerprint density at radius 3 is 2.39 bits per heavy atom. The van der Waals surface area contributed by atoms with Crippen LogP contribution in [0.2, 0.25) is 0 Å². The fourth-order valence-corrected chi connectivity index (χ4v) is 2.33. The predicted octanol–water partition coefficient (Wildman–Crippen LogP) is 4.11. The Morgan fingerprint density at radius 1 is 1.00 bits per heavy atom. The van der Waals surface area contributed by atoms with Crippen LogP contribution in [0.4, 0.5) is 0 Å². The zero-order chi connectivity index (χ0) is 16.7. The van der Waals surface area contributed by atoms with E-state index in [9.17, 15) is 4.79 Å². The minimum atomic E-state index is -0.0947. The van der Waals surface area contributed by atoms with Gasteiger partial charge < -0.3 is 10.1 Å². The van der Waals surface area contributed by atoms with E-state index in [-0.39, 0.29) is 18.4 Å². The van der Waals surface area contributed by atoms with Crippen LogP contribution in [-0.2, 0) is 4.79 Å². The molecule has 0 radical (unpaired) electrons. The van der Waals surface area contributed by atoms with Crippen LogP contribution in [0.25, 0.3) is 0 Å². The highest BCUT2D eigenvalue weighted by Crippen LogP contribution is 2.20. The smallest absolute Gasteiger partial charge is 0.257 e. The maximum absolute atomic E-state index is 11.9. The molecule has 0 bridgehead atoms. The second-order valence-electron chi connectivity index (χ2n) is 6.13. The van der Waals surface area contributed by atoms with Crippen molar-refractivity contribution < 1.29 is 9.53 Å². The van der Waals surface area contributed by atoms with Crippen LogP contribution in [0.5, 0.6) is 5.75 Å². The molecular formula is C20H25NO2. The predicted molar refractivity (Wildman–Crippen MR) is 93.9 cm³/mol. The van der Waals surface area contributed by atoms with Crippen molar-refractivity contribution in [1.82, 2.24) is 5.32 Å². The number of amides is 1. The van der Waals surface area contributed by atoms with Gasteiger partial charge in [0.15, 0.2) is 6.61 Å². The molecule has 3 heteroatoms. The van der Waals surface area contributed by atoms with Gasteiger partial charge in [-0.25, -0.2) is 0 Å². The van der Waals surface area contributed by atoms with E-state index in [0.29, 0.717) is 12.5 Å². The first-order chi connectivity index (χ1) is 11.1. The first-order valence-corrected chi connectivity index (χ1v) is 8.10. The maximum atomic E-state index is 11.9. The lowest BCUT2D eigenvalue weighted by Gasteiger charge is -2.14. The molecule has 122 valence electrons. The largest absolute Gasteiger partial charge is 0.484 e. The van der Waals surface area contributed by atoms with Gasteiger partial charge >= 0.3 is 0 Å². The summed E-state index contributed by atoms with van der Waals surface area (Å²) in [6, 6.07) is 18.1. The molecule has 0 saturated heterocycles. The van der Waals surface area contributed by atoms with Gasteiger partial charge in [0.1, 0.15) is 5.75 Å². The van der Waals surface area contributed by atoms with E-state index >= 15 is 0 Å². The van der Waals surface area contributed by atoms with Crippen LogP contribution in [0.3, 0.4) is 0 Å². The van der Waals surface area contributed by atoms with Crippen molar-refractivity contribution in [3.8, 4) is 5.75 Å².